The average Bonchev–Trinajstić information content (AvgIpc) is 2.55. The van der Waals surface area contributed by atoms with E-state index in [4.69, 9.17) is 9.16 Å². The lowest BCUT2D eigenvalue weighted by Gasteiger charge is -2.37. The van der Waals surface area contributed by atoms with Crippen LogP contribution in [0, 0.1) is 0 Å². The van der Waals surface area contributed by atoms with Gasteiger partial charge in [0.2, 0.25) is 5.88 Å². The molecular weight excluding hydrogens is 376 g/mol. The van der Waals surface area contributed by atoms with Crippen LogP contribution >= 0.6 is 0 Å². The minimum absolute atomic E-state index is 0.122. The van der Waals surface area contributed by atoms with Gasteiger partial charge >= 0.3 is 0 Å². The van der Waals surface area contributed by atoms with Gasteiger partial charge in [-0.3, -0.25) is 0 Å². The Morgan fingerprint density at radius 1 is 1.19 bits per heavy atom. The summed E-state index contributed by atoms with van der Waals surface area (Å²) < 4.78 is 27.6. The minimum Gasteiger partial charge on any atom is -0.598 e. The van der Waals surface area contributed by atoms with Crippen LogP contribution in [0.3, 0.4) is 0 Å². The number of pyridine rings is 1. The van der Waals surface area contributed by atoms with Gasteiger partial charge in [0.25, 0.3) is 0 Å². The van der Waals surface area contributed by atoms with Gasteiger partial charge in [0.15, 0.2) is 8.32 Å². The van der Waals surface area contributed by atoms with Crippen molar-refractivity contribution in [3.63, 3.8) is 0 Å². The fourth-order valence-electron chi connectivity index (χ4n) is 1.90. The number of nitrogens with one attached hydrogen (secondary N) is 1. The molecule has 1 heterocycles. The third-order valence-corrected chi connectivity index (χ3v) is 10.9. The molecule has 0 unspecified atom stereocenters. The number of hydrogen-bond acceptors (Lipinski definition) is 5. The molecule has 0 aliphatic heterocycles. The van der Waals surface area contributed by atoms with Crippen LogP contribution in [0.5, 0.6) is 5.88 Å². The molecule has 27 heavy (non-hydrogen) atoms. The molecule has 5 nitrogen and oxygen atoms in total. The molecule has 0 bridgehead atoms. The first-order valence-corrected chi connectivity index (χ1v) is 13.7. The van der Waals surface area contributed by atoms with E-state index in [9.17, 15) is 4.55 Å². The summed E-state index contributed by atoms with van der Waals surface area (Å²) in [6, 6.07) is 3.66. The van der Waals surface area contributed by atoms with Gasteiger partial charge in [0.05, 0.1) is 13.2 Å². The predicted molar refractivity (Wildman–Crippen MR) is 117 cm³/mol. The highest BCUT2D eigenvalue weighted by atomic mass is 32.2. The highest BCUT2D eigenvalue weighted by molar-refractivity contribution is 7.90. The number of ether oxygens (including phenoxy) is 1. The third kappa shape index (κ3) is 7.73. The zero-order valence-corrected chi connectivity index (χ0v) is 20.3. The first kappa shape index (κ1) is 24.4. The number of hydrogen-bond donors (Lipinski definition) is 1. The zero-order chi connectivity index (χ0) is 20.9. The first-order chi connectivity index (χ1) is 12.3. The fraction of sp³-hybridized carbons (Fsp3) is 0.750. The summed E-state index contributed by atoms with van der Waals surface area (Å²) in [6.45, 7) is 20.2. The van der Waals surface area contributed by atoms with Gasteiger partial charge < -0.3 is 13.7 Å². The van der Waals surface area contributed by atoms with Crippen molar-refractivity contribution < 1.29 is 13.7 Å². The third-order valence-electron chi connectivity index (χ3n) is 4.84. The fourth-order valence-corrected chi connectivity index (χ4v) is 3.73. The normalized spacial score (nSPS) is 15.5. The van der Waals surface area contributed by atoms with Gasteiger partial charge in [-0.15, -0.1) is 4.72 Å². The Morgan fingerprint density at radius 2 is 1.81 bits per heavy atom. The van der Waals surface area contributed by atoms with Gasteiger partial charge in [-0.1, -0.05) is 33.8 Å². The number of aromatic nitrogens is 1. The molecule has 1 aromatic rings. The second kappa shape index (κ2) is 9.74. The number of nitrogens with zero attached hydrogens (tertiary/aromatic N) is 1. The summed E-state index contributed by atoms with van der Waals surface area (Å²) in [5, 5.41) is 0.122. The molecule has 0 aromatic carbocycles. The van der Waals surface area contributed by atoms with Crippen LogP contribution in [0.25, 0.3) is 0 Å². The largest absolute Gasteiger partial charge is 0.598 e. The summed E-state index contributed by atoms with van der Waals surface area (Å²) in [5.41, 5.74) is 0.954. The van der Waals surface area contributed by atoms with Crippen molar-refractivity contribution in [2.45, 2.75) is 83.8 Å². The van der Waals surface area contributed by atoms with Crippen molar-refractivity contribution in [3.05, 3.63) is 23.9 Å². The lowest BCUT2D eigenvalue weighted by atomic mass is 10.1. The van der Waals surface area contributed by atoms with Crippen LogP contribution in [0.2, 0.25) is 18.1 Å². The lowest BCUT2D eigenvalue weighted by molar-refractivity contribution is 0.255. The van der Waals surface area contributed by atoms with Gasteiger partial charge in [-0.25, -0.2) is 4.98 Å². The summed E-state index contributed by atoms with van der Waals surface area (Å²) in [7, 11) is -1.91. The Kier molecular flexibility index (Phi) is 8.81. The van der Waals surface area contributed by atoms with Gasteiger partial charge in [0, 0.05) is 23.6 Å². The smallest absolute Gasteiger partial charge is 0.213 e. The van der Waals surface area contributed by atoms with E-state index in [1.165, 1.54) is 0 Å². The Balaban J connectivity index is 2.97. The van der Waals surface area contributed by atoms with Gasteiger partial charge in [-0.2, -0.15) is 0 Å². The summed E-state index contributed by atoms with van der Waals surface area (Å²) >= 11 is -1.20. The Labute approximate surface area is 170 Å². The molecule has 2 atom stereocenters. The van der Waals surface area contributed by atoms with Gasteiger partial charge in [-0.05, 0) is 50.9 Å². The first-order valence-electron chi connectivity index (χ1n) is 9.68. The molecule has 0 spiro atoms. The Morgan fingerprint density at radius 3 is 2.26 bits per heavy atom. The lowest BCUT2D eigenvalue weighted by Crippen LogP contribution is -2.46. The van der Waals surface area contributed by atoms with E-state index in [0.29, 0.717) is 19.1 Å². The van der Waals surface area contributed by atoms with Crippen molar-refractivity contribution in [1.29, 1.82) is 0 Å². The highest BCUT2D eigenvalue weighted by Gasteiger charge is 2.38. The second-order valence-corrected chi connectivity index (χ2v) is 16.2. The van der Waals surface area contributed by atoms with Crippen LogP contribution in [-0.2, 0) is 15.8 Å². The summed E-state index contributed by atoms with van der Waals surface area (Å²) in [5.74, 6) is 0.613. The quantitative estimate of drug-likeness (QED) is 0.456. The van der Waals surface area contributed by atoms with E-state index in [1.807, 2.05) is 32.9 Å². The molecule has 0 radical (unpaired) electrons. The molecule has 7 heteroatoms. The maximum atomic E-state index is 12.7. The van der Waals surface area contributed by atoms with E-state index in [0.717, 1.165) is 12.0 Å². The second-order valence-electron chi connectivity index (χ2n) is 9.40. The van der Waals surface area contributed by atoms with Gasteiger partial charge in [0.1, 0.15) is 10.8 Å². The standard InChI is InChI=1S/C20H38N2O3SSi/c1-10-13-24-18-12-11-16(14-21-18)17(22-26(23)19(2,3)4)15-25-27(8,9)20(5,6)7/h11-12,14,17,22H,10,13,15H2,1-9H3/t17-,26+/m0/s1. The van der Waals surface area contributed by atoms with Crippen LogP contribution in [0.15, 0.2) is 18.3 Å². The van der Waals surface area contributed by atoms with Crippen molar-refractivity contribution in [1.82, 2.24) is 9.71 Å². The topological polar surface area (TPSA) is 66.4 Å². The maximum absolute atomic E-state index is 12.7. The van der Waals surface area contributed by atoms with E-state index in [-0.39, 0.29) is 15.8 Å². The molecule has 0 fully saturated rings. The molecule has 0 aliphatic carbocycles. The molecule has 1 aromatic heterocycles. The molecular formula is C20H38N2O3SSi. The van der Waals surface area contributed by atoms with Crippen molar-refractivity contribution in [3.8, 4) is 5.88 Å². The summed E-state index contributed by atoms with van der Waals surface area (Å²) in [6.07, 6.45) is 2.73. The SMILES string of the molecule is CCCOc1ccc([C@H](CO[Si](C)(C)C(C)(C)C)N[S@+]([O-])C(C)(C)C)cn1. The van der Waals surface area contributed by atoms with Crippen LogP contribution in [0.4, 0.5) is 0 Å². The van der Waals surface area contributed by atoms with Crippen molar-refractivity contribution >= 4 is 19.7 Å². The highest BCUT2D eigenvalue weighted by Crippen LogP contribution is 2.37. The molecule has 1 rings (SSSR count). The van der Waals surface area contributed by atoms with Crippen LogP contribution in [-0.4, -0.2) is 35.8 Å². The average molecular weight is 415 g/mol. The molecule has 1 N–H and O–H groups in total. The van der Waals surface area contributed by atoms with E-state index in [1.54, 1.807) is 6.20 Å². The van der Waals surface area contributed by atoms with E-state index in [2.05, 4.69) is 50.5 Å². The van der Waals surface area contributed by atoms with E-state index >= 15 is 0 Å². The molecule has 0 amide bonds. The molecule has 0 saturated heterocycles. The monoisotopic (exact) mass is 414 g/mol. The van der Waals surface area contributed by atoms with Crippen molar-refractivity contribution in [2.75, 3.05) is 13.2 Å². The number of rotatable bonds is 9. The predicted octanol–water partition coefficient (Wildman–Crippen LogP) is 4.99. The van der Waals surface area contributed by atoms with E-state index < -0.39 is 19.7 Å². The maximum Gasteiger partial charge on any atom is 0.213 e. The van der Waals surface area contributed by atoms with Crippen LogP contribution < -0.4 is 9.46 Å². The van der Waals surface area contributed by atoms with Crippen molar-refractivity contribution in [2.24, 2.45) is 0 Å². The van der Waals surface area contributed by atoms with Crippen LogP contribution in [0.1, 0.15) is 66.5 Å². The minimum atomic E-state index is -1.91. The molecule has 0 saturated carbocycles. The Bertz CT molecular complexity index is 568. The molecule has 0 aliphatic rings. The zero-order valence-electron chi connectivity index (χ0n) is 18.5. The molecule has 156 valence electrons. The summed E-state index contributed by atoms with van der Waals surface area (Å²) in [4.78, 5) is 4.39. The Hall–Kier alpha value is -0.603.